The Hall–Kier alpha value is -2.32. The number of carbonyl (C=O) groups is 3. The van der Waals surface area contributed by atoms with E-state index in [1.807, 2.05) is 0 Å². The summed E-state index contributed by atoms with van der Waals surface area (Å²) in [5.74, 6) is -5.84. The van der Waals surface area contributed by atoms with Crippen molar-refractivity contribution in [3.05, 3.63) is 59.7 Å². The van der Waals surface area contributed by atoms with Gasteiger partial charge >= 0.3 is 37.7 Å². The van der Waals surface area contributed by atoms with Crippen molar-refractivity contribution in [1.29, 1.82) is 0 Å². The van der Waals surface area contributed by atoms with Gasteiger partial charge < -0.3 is 49.0 Å². The molecule has 196 valence electrons. The molecule has 38 heavy (non-hydrogen) atoms. The minimum atomic E-state index is -2.12. The van der Waals surface area contributed by atoms with E-state index in [1.165, 1.54) is 43.3 Å². The third kappa shape index (κ3) is 10.4. The SMILES string of the molecule is CC(COc1cccc(C(OCCO)(OCCO)C(=O)c2cccc(OCCC(=O)[O-])c2)c1)C(=O)[O-].[Li+].[Li+]. The quantitative estimate of drug-likeness (QED) is 0.116. The summed E-state index contributed by atoms with van der Waals surface area (Å²) in [4.78, 5) is 35.4. The van der Waals surface area contributed by atoms with E-state index >= 15 is 0 Å². The molecule has 2 N–H and O–H groups in total. The maximum atomic E-state index is 13.8. The van der Waals surface area contributed by atoms with E-state index in [0.717, 1.165) is 0 Å². The molecule has 0 saturated heterocycles. The molecule has 1 atom stereocenters. The summed E-state index contributed by atoms with van der Waals surface area (Å²) in [6.45, 7) is -0.419. The van der Waals surface area contributed by atoms with Gasteiger partial charge in [-0.1, -0.05) is 31.2 Å². The second kappa shape index (κ2) is 18.1. The molecule has 0 fully saturated rings. The monoisotopic (exact) mass is 518 g/mol. The van der Waals surface area contributed by atoms with E-state index in [2.05, 4.69) is 0 Å². The predicted molar refractivity (Wildman–Crippen MR) is 120 cm³/mol. The largest absolute Gasteiger partial charge is 1.00 e. The summed E-state index contributed by atoms with van der Waals surface area (Å²) in [6.07, 6.45) is -0.343. The number of aliphatic carboxylic acids is 2. The second-order valence-electron chi connectivity index (χ2n) is 7.65. The van der Waals surface area contributed by atoms with Crippen molar-refractivity contribution < 1.29 is 91.5 Å². The van der Waals surface area contributed by atoms with Gasteiger partial charge in [-0.05, 0) is 24.3 Å². The zero-order chi connectivity index (χ0) is 26.6. The van der Waals surface area contributed by atoms with Gasteiger partial charge in [0.25, 0.3) is 5.79 Å². The number of carboxylic acid groups (broad SMARTS) is 2. The summed E-state index contributed by atoms with van der Waals surface area (Å²) in [7, 11) is 0. The Kier molecular flexibility index (Phi) is 17.0. The van der Waals surface area contributed by atoms with E-state index < -0.39 is 42.6 Å². The molecule has 0 saturated carbocycles. The van der Waals surface area contributed by atoms with Crippen LogP contribution < -0.4 is 57.4 Å². The Balaban J connectivity index is 0.00000684. The summed E-state index contributed by atoms with van der Waals surface area (Å²) in [5.41, 5.74) is 0.241. The van der Waals surface area contributed by atoms with Gasteiger partial charge in [0.15, 0.2) is 0 Å². The van der Waals surface area contributed by atoms with Crippen LogP contribution in [0.3, 0.4) is 0 Å². The molecule has 11 nitrogen and oxygen atoms in total. The van der Waals surface area contributed by atoms with Crippen LogP contribution in [0.2, 0.25) is 0 Å². The van der Waals surface area contributed by atoms with Crippen LogP contribution >= 0.6 is 0 Å². The molecule has 0 spiro atoms. The number of Topliss-reactive ketones (excluding diaryl/α,β-unsaturated/α-hetero) is 1. The molecule has 0 aliphatic rings. The molecule has 0 amide bonds. The van der Waals surface area contributed by atoms with Crippen LogP contribution in [0.1, 0.15) is 29.3 Å². The van der Waals surface area contributed by atoms with E-state index in [-0.39, 0.29) is 93.2 Å². The first-order chi connectivity index (χ1) is 17.2. The molecule has 2 aromatic rings. The van der Waals surface area contributed by atoms with Crippen molar-refractivity contribution in [1.82, 2.24) is 0 Å². The van der Waals surface area contributed by atoms with Gasteiger partial charge in [0.1, 0.15) is 11.5 Å². The predicted octanol–water partition coefficient (Wildman–Crippen LogP) is -6.97. The third-order valence-electron chi connectivity index (χ3n) is 4.88. The van der Waals surface area contributed by atoms with Crippen molar-refractivity contribution >= 4 is 17.7 Å². The molecule has 0 bridgehead atoms. The van der Waals surface area contributed by atoms with Crippen molar-refractivity contribution in [3.8, 4) is 11.5 Å². The number of carboxylic acids is 2. The first kappa shape index (κ1) is 35.7. The van der Waals surface area contributed by atoms with E-state index in [0.29, 0.717) is 0 Å². The molecule has 0 aromatic heterocycles. The van der Waals surface area contributed by atoms with Crippen LogP contribution in [0.25, 0.3) is 0 Å². The van der Waals surface area contributed by atoms with Gasteiger partial charge in [-0.25, -0.2) is 0 Å². The topological polar surface area (TPSA) is 175 Å². The van der Waals surface area contributed by atoms with Gasteiger partial charge in [-0.3, -0.25) is 4.79 Å². The number of ketones is 1. The number of ether oxygens (including phenoxy) is 4. The fourth-order valence-electron chi connectivity index (χ4n) is 3.10. The Morgan fingerprint density at radius 2 is 1.45 bits per heavy atom. The van der Waals surface area contributed by atoms with E-state index in [1.54, 1.807) is 12.1 Å². The van der Waals surface area contributed by atoms with Crippen molar-refractivity contribution in [2.45, 2.75) is 19.1 Å². The van der Waals surface area contributed by atoms with Crippen molar-refractivity contribution in [2.24, 2.45) is 5.92 Å². The van der Waals surface area contributed by atoms with Crippen LogP contribution in [-0.2, 0) is 24.8 Å². The Bertz CT molecular complexity index is 1020. The molecule has 2 rings (SSSR count). The Morgan fingerprint density at radius 3 is 2.00 bits per heavy atom. The first-order valence-corrected chi connectivity index (χ1v) is 11.1. The molecular weight excluding hydrogens is 490 g/mol. The zero-order valence-electron chi connectivity index (χ0n) is 21.7. The van der Waals surface area contributed by atoms with Crippen LogP contribution in [0.15, 0.2) is 48.5 Å². The Morgan fingerprint density at radius 1 is 0.868 bits per heavy atom. The smallest absolute Gasteiger partial charge is 0.550 e. The Labute approximate surface area is 244 Å². The maximum absolute atomic E-state index is 13.8. The van der Waals surface area contributed by atoms with Gasteiger partial charge in [0.05, 0.1) is 39.6 Å². The van der Waals surface area contributed by atoms with Gasteiger partial charge in [-0.15, -0.1) is 0 Å². The number of rotatable bonds is 17. The van der Waals surface area contributed by atoms with Crippen LogP contribution in [-0.4, -0.2) is 67.6 Å². The molecule has 1 unspecified atom stereocenters. The van der Waals surface area contributed by atoms with Gasteiger partial charge in [0.2, 0.25) is 5.78 Å². The van der Waals surface area contributed by atoms with Gasteiger partial charge in [0, 0.05) is 35.4 Å². The number of benzene rings is 2. The van der Waals surface area contributed by atoms with Crippen molar-refractivity contribution in [3.63, 3.8) is 0 Å². The third-order valence-corrected chi connectivity index (χ3v) is 4.88. The van der Waals surface area contributed by atoms with Crippen molar-refractivity contribution in [2.75, 3.05) is 39.6 Å². The number of carbonyl (C=O) groups excluding carboxylic acids is 3. The minimum Gasteiger partial charge on any atom is -0.550 e. The maximum Gasteiger partial charge on any atom is 1.00 e. The summed E-state index contributed by atoms with van der Waals surface area (Å²) < 4.78 is 22.4. The minimum absolute atomic E-state index is 0. The molecule has 0 heterocycles. The summed E-state index contributed by atoms with van der Waals surface area (Å²) in [5, 5.41) is 40.4. The number of hydrogen-bond acceptors (Lipinski definition) is 11. The second-order valence-corrected chi connectivity index (χ2v) is 7.65. The molecule has 13 heteroatoms. The summed E-state index contributed by atoms with van der Waals surface area (Å²) >= 11 is 0. The van der Waals surface area contributed by atoms with E-state index in [9.17, 15) is 34.8 Å². The van der Waals surface area contributed by atoms with Crippen LogP contribution in [0, 0.1) is 5.92 Å². The number of aliphatic hydroxyl groups excluding tert-OH is 2. The molecule has 0 aliphatic heterocycles. The number of hydrogen-bond donors (Lipinski definition) is 2. The van der Waals surface area contributed by atoms with E-state index in [4.69, 9.17) is 18.9 Å². The van der Waals surface area contributed by atoms with Crippen LogP contribution in [0.5, 0.6) is 11.5 Å². The zero-order valence-corrected chi connectivity index (χ0v) is 21.7. The van der Waals surface area contributed by atoms with Crippen LogP contribution in [0.4, 0.5) is 0 Å². The fraction of sp³-hybridized carbons (Fsp3) is 0.400. The average molecular weight is 518 g/mol. The standard InChI is InChI=1S/C25H30O11.2Li/c1-17(24(31)32)16-34-21-7-3-5-19(15-21)25(35-12-9-26,36-13-10-27)23(30)18-4-2-6-20(14-18)33-11-8-22(28)29;;/h2-7,14-15,17,26-27H,8-13,16H2,1H3,(H,28,29)(H,31,32);;/q;2*+1/p-2. The summed E-state index contributed by atoms with van der Waals surface area (Å²) in [6, 6.07) is 11.9. The molecule has 2 aromatic carbocycles. The molecule has 0 radical (unpaired) electrons. The van der Waals surface area contributed by atoms with Gasteiger partial charge in [-0.2, -0.15) is 0 Å². The molecular formula is C25H28Li2O11. The number of aliphatic hydroxyl groups is 2. The average Bonchev–Trinajstić information content (AvgIpc) is 2.87. The first-order valence-electron chi connectivity index (χ1n) is 11.1. The fourth-order valence-corrected chi connectivity index (χ4v) is 3.10. The normalized spacial score (nSPS) is 11.4. The molecule has 0 aliphatic carbocycles.